The van der Waals surface area contributed by atoms with Crippen LogP contribution in [0.25, 0.3) is 0 Å². The zero-order chi connectivity index (χ0) is 20.9. The van der Waals surface area contributed by atoms with Crippen LogP contribution in [0.15, 0.2) is 54.6 Å². The van der Waals surface area contributed by atoms with Gasteiger partial charge in [-0.05, 0) is 42.7 Å². The molecule has 0 radical (unpaired) electrons. The van der Waals surface area contributed by atoms with Crippen molar-refractivity contribution in [3.8, 4) is 11.5 Å². The van der Waals surface area contributed by atoms with Crippen LogP contribution in [0.2, 0.25) is 0 Å². The summed E-state index contributed by atoms with van der Waals surface area (Å²) in [7, 11) is 0. The lowest BCUT2D eigenvalue weighted by Crippen LogP contribution is -2.46. The molecule has 0 bridgehead atoms. The van der Waals surface area contributed by atoms with Crippen molar-refractivity contribution in [2.75, 3.05) is 6.54 Å². The second-order valence-electron chi connectivity index (χ2n) is 6.95. The van der Waals surface area contributed by atoms with Crippen LogP contribution in [0.5, 0.6) is 11.5 Å². The number of imide groups is 1. The van der Waals surface area contributed by atoms with Crippen LogP contribution in [-0.4, -0.2) is 34.8 Å². The van der Waals surface area contributed by atoms with E-state index < -0.39 is 17.5 Å². The van der Waals surface area contributed by atoms with E-state index in [1.165, 1.54) is 0 Å². The van der Waals surface area contributed by atoms with Crippen LogP contribution in [0, 0.1) is 0 Å². The van der Waals surface area contributed by atoms with E-state index in [2.05, 4.69) is 10.6 Å². The fourth-order valence-corrected chi connectivity index (χ4v) is 3.29. The summed E-state index contributed by atoms with van der Waals surface area (Å²) in [5.74, 6) is 0.641. The van der Waals surface area contributed by atoms with Crippen LogP contribution >= 0.6 is 0 Å². The molecule has 2 aromatic rings. The molecule has 7 nitrogen and oxygen atoms in total. The number of hydrogen-bond donors (Lipinski definition) is 2. The summed E-state index contributed by atoms with van der Waals surface area (Å²) < 4.78 is 5.79. The van der Waals surface area contributed by atoms with Gasteiger partial charge in [0.05, 0.1) is 0 Å². The Hall–Kier alpha value is -3.35. The van der Waals surface area contributed by atoms with Gasteiger partial charge in [-0.15, -0.1) is 0 Å². The van der Waals surface area contributed by atoms with Gasteiger partial charge in [-0.3, -0.25) is 14.5 Å². The van der Waals surface area contributed by atoms with E-state index in [-0.39, 0.29) is 19.0 Å². The van der Waals surface area contributed by atoms with Gasteiger partial charge in [-0.25, -0.2) is 4.79 Å². The van der Waals surface area contributed by atoms with Gasteiger partial charge in [0.1, 0.15) is 23.6 Å². The number of carbonyl (C=O) groups excluding carboxylic acids is 3. The maximum atomic E-state index is 12.6. The molecule has 1 saturated heterocycles. The van der Waals surface area contributed by atoms with Crippen LogP contribution in [0.3, 0.4) is 0 Å². The second kappa shape index (κ2) is 8.77. The number of urea groups is 1. The minimum atomic E-state index is -0.902. The normalized spacial score (nSPS) is 15.2. The predicted octanol–water partition coefficient (Wildman–Crippen LogP) is 3.21. The van der Waals surface area contributed by atoms with Crippen molar-refractivity contribution in [3.63, 3.8) is 0 Å². The van der Waals surface area contributed by atoms with Crippen molar-refractivity contribution in [1.82, 2.24) is 15.5 Å². The van der Waals surface area contributed by atoms with Crippen molar-refractivity contribution >= 4 is 17.8 Å². The molecule has 3 rings (SSSR count). The summed E-state index contributed by atoms with van der Waals surface area (Å²) >= 11 is 0. The van der Waals surface area contributed by atoms with Gasteiger partial charge in [-0.2, -0.15) is 0 Å². The molecule has 0 unspecified atom stereocenters. The molecule has 152 valence electrons. The Bertz CT molecular complexity index is 894. The molecular formula is C22H25N3O4. The van der Waals surface area contributed by atoms with Crippen LogP contribution in [0.1, 0.15) is 32.3 Å². The van der Waals surface area contributed by atoms with Gasteiger partial charge in [0.25, 0.3) is 5.91 Å². The summed E-state index contributed by atoms with van der Waals surface area (Å²) in [6.45, 7) is 3.65. The summed E-state index contributed by atoms with van der Waals surface area (Å²) in [5, 5.41) is 5.47. The van der Waals surface area contributed by atoms with Gasteiger partial charge in [0.15, 0.2) is 0 Å². The Kier molecular flexibility index (Phi) is 6.16. The summed E-state index contributed by atoms with van der Waals surface area (Å²) in [6.07, 6.45) is 0.973. The lowest BCUT2D eigenvalue weighted by Gasteiger charge is -2.23. The number of nitrogens with zero attached hydrogens (tertiary/aromatic N) is 1. The highest BCUT2D eigenvalue weighted by atomic mass is 16.5. The topological polar surface area (TPSA) is 87.7 Å². The largest absolute Gasteiger partial charge is 0.457 e. The number of rotatable bonds is 8. The molecule has 2 N–H and O–H groups in total. The van der Waals surface area contributed by atoms with Gasteiger partial charge in [0.2, 0.25) is 5.91 Å². The maximum Gasteiger partial charge on any atom is 0.325 e. The number of para-hydroxylation sites is 1. The highest BCUT2D eigenvalue weighted by molar-refractivity contribution is 6.08. The monoisotopic (exact) mass is 395 g/mol. The summed E-state index contributed by atoms with van der Waals surface area (Å²) in [6, 6.07) is 16.3. The Morgan fingerprint density at radius 2 is 1.72 bits per heavy atom. The molecule has 1 aliphatic heterocycles. The van der Waals surface area contributed by atoms with E-state index in [4.69, 9.17) is 4.74 Å². The first-order chi connectivity index (χ1) is 14.0. The maximum absolute atomic E-state index is 12.6. The molecule has 7 heteroatoms. The van der Waals surface area contributed by atoms with Crippen LogP contribution in [-0.2, 0) is 16.1 Å². The van der Waals surface area contributed by atoms with E-state index in [0.717, 1.165) is 16.2 Å². The second-order valence-corrected chi connectivity index (χ2v) is 6.95. The first-order valence-corrected chi connectivity index (χ1v) is 9.70. The Morgan fingerprint density at radius 3 is 2.38 bits per heavy atom. The van der Waals surface area contributed by atoms with Crippen LogP contribution < -0.4 is 15.4 Å². The quantitative estimate of drug-likeness (QED) is 0.672. The molecule has 0 spiro atoms. The van der Waals surface area contributed by atoms with Crippen molar-refractivity contribution in [2.24, 2.45) is 0 Å². The van der Waals surface area contributed by atoms with Crippen LogP contribution in [0.4, 0.5) is 4.79 Å². The molecule has 29 heavy (non-hydrogen) atoms. The molecule has 4 amide bonds. The fraction of sp³-hybridized carbons (Fsp3) is 0.318. The first-order valence-electron chi connectivity index (χ1n) is 9.70. The third-order valence-electron chi connectivity index (χ3n) is 5.12. The Labute approximate surface area is 170 Å². The molecule has 2 aromatic carbocycles. The number of ether oxygens (including phenoxy) is 1. The lowest BCUT2D eigenvalue weighted by molar-refractivity contribution is -0.135. The van der Waals surface area contributed by atoms with E-state index in [0.29, 0.717) is 18.6 Å². The molecule has 1 heterocycles. The lowest BCUT2D eigenvalue weighted by atomic mass is 9.93. The zero-order valence-electron chi connectivity index (χ0n) is 16.6. The van der Waals surface area contributed by atoms with Gasteiger partial charge < -0.3 is 15.4 Å². The Morgan fingerprint density at radius 1 is 1.03 bits per heavy atom. The molecule has 0 atom stereocenters. The van der Waals surface area contributed by atoms with Gasteiger partial charge in [-0.1, -0.05) is 44.2 Å². The standard InChI is InChI=1S/C22H25N3O4/c1-3-22(4-2)20(27)25(21(28)24-22)15-19(26)23-14-16-9-8-12-18(13-16)29-17-10-6-5-7-11-17/h5-13H,3-4,14-15H2,1-2H3,(H,23,26)(H,24,28). The fourth-order valence-electron chi connectivity index (χ4n) is 3.29. The van der Waals surface area contributed by atoms with Crippen molar-refractivity contribution in [3.05, 3.63) is 60.2 Å². The molecule has 0 saturated carbocycles. The average molecular weight is 395 g/mol. The van der Waals surface area contributed by atoms with E-state index in [9.17, 15) is 14.4 Å². The molecular weight excluding hydrogens is 370 g/mol. The number of nitrogens with one attached hydrogen (secondary N) is 2. The number of hydrogen-bond acceptors (Lipinski definition) is 4. The molecule has 0 aromatic heterocycles. The minimum absolute atomic E-state index is 0.265. The zero-order valence-corrected chi connectivity index (χ0v) is 16.6. The summed E-state index contributed by atoms with van der Waals surface area (Å²) in [4.78, 5) is 38.0. The SMILES string of the molecule is CCC1(CC)NC(=O)N(CC(=O)NCc2cccc(Oc3ccccc3)c2)C1=O. The number of amides is 4. The van der Waals surface area contributed by atoms with Crippen molar-refractivity contribution in [2.45, 2.75) is 38.8 Å². The molecule has 1 aliphatic rings. The van der Waals surface area contributed by atoms with Gasteiger partial charge >= 0.3 is 6.03 Å². The highest BCUT2D eigenvalue weighted by Gasteiger charge is 2.49. The minimum Gasteiger partial charge on any atom is -0.457 e. The first kappa shape index (κ1) is 20.4. The van der Waals surface area contributed by atoms with E-state index >= 15 is 0 Å². The van der Waals surface area contributed by atoms with Crippen molar-refractivity contribution < 1.29 is 19.1 Å². The smallest absolute Gasteiger partial charge is 0.325 e. The highest BCUT2D eigenvalue weighted by Crippen LogP contribution is 2.25. The molecule has 0 aliphatic carbocycles. The number of carbonyl (C=O) groups is 3. The predicted molar refractivity (Wildman–Crippen MR) is 108 cm³/mol. The Balaban J connectivity index is 1.57. The number of benzene rings is 2. The third kappa shape index (κ3) is 4.56. The third-order valence-corrected chi connectivity index (χ3v) is 5.12. The molecule has 1 fully saturated rings. The average Bonchev–Trinajstić information content (AvgIpc) is 2.98. The van der Waals surface area contributed by atoms with Crippen molar-refractivity contribution in [1.29, 1.82) is 0 Å². The van der Waals surface area contributed by atoms with E-state index in [1.807, 2.05) is 68.4 Å². The summed E-state index contributed by atoms with van der Waals surface area (Å²) in [5.41, 5.74) is -0.0547. The van der Waals surface area contributed by atoms with Gasteiger partial charge in [0, 0.05) is 6.54 Å². The van der Waals surface area contributed by atoms with E-state index in [1.54, 1.807) is 0 Å².